The number of hydrogen-bond acceptors (Lipinski definition) is 0. The molecule has 1 aromatic carbocycles. The first-order valence-corrected chi connectivity index (χ1v) is 6.52. The Morgan fingerprint density at radius 2 is 2.00 bits per heavy atom. The van der Waals surface area contributed by atoms with Crippen molar-refractivity contribution in [3.05, 3.63) is 35.4 Å². The Morgan fingerprint density at radius 1 is 1.29 bits per heavy atom. The lowest BCUT2D eigenvalue weighted by Gasteiger charge is -2.27. The molecule has 1 aliphatic carbocycles. The summed E-state index contributed by atoms with van der Waals surface area (Å²) in [5.41, 5.74) is 3.35. The van der Waals surface area contributed by atoms with Crippen LogP contribution >= 0.6 is 15.9 Å². The van der Waals surface area contributed by atoms with E-state index >= 15 is 0 Å². The summed E-state index contributed by atoms with van der Waals surface area (Å²) in [6, 6.07) is 9.01. The second-order valence-corrected chi connectivity index (χ2v) is 5.05. The monoisotopic (exact) mass is 252 g/mol. The molecule has 0 atom stereocenters. The molecule has 0 radical (unpaired) electrons. The molecule has 1 aliphatic rings. The fourth-order valence-electron chi connectivity index (χ4n) is 2.53. The summed E-state index contributed by atoms with van der Waals surface area (Å²) >= 11 is 3.69. The summed E-state index contributed by atoms with van der Waals surface area (Å²) in [5, 5.41) is 1.11. The van der Waals surface area contributed by atoms with Gasteiger partial charge >= 0.3 is 0 Å². The van der Waals surface area contributed by atoms with E-state index in [0.29, 0.717) is 5.41 Å². The third-order valence-electron chi connectivity index (χ3n) is 3.45. The second-order valence-electron chi connectivity index (χ2n) is 4.49. The van der Waals surface area contributed by atoms with Gasteiger partial charge in [0.15, 0.2) is 0 Å². The SMILES string of the molecule is Cc1cccc(C2(CBr)CCCC2)c1. The molecule has 1 heteroatoms. The fraction of sp³-hybridized carbons (Fsp3) is 0.538. The highest BCUT2D eigenvalue weighted by atomic mass is 79.9. The molecule has 76 valence electrons. The highest BCUT2D eigenvalue weighted by molar-refractivity contribution is 9.09. The van der Waals surface area contributed by atoms with E-state index in [0.717, 1.165) is 5.33 Å². The van der Waals surface area contributed by atoms with Crippen LogP contribution < -0.4 is 0 Å². The van der Waals surface area contributed by atoms with Crippen LogP contribution in [0.5, 0.6) is 0 Å². The van der Waals surface area contributed by atoms with Crippen molar-refractivity contribution in [1.82, 2.24) is 0 Å². The molecule has 1 saturated carbocycles. The van der Waals surface area contributed by atoms with Gasteiger partial charge in [-0.05, 0) is 25.3 Å². The number of aryl methyl sites for hydroxylation is 1. The summed E-state index contributed by atoms with van der Waals surface area (Å²) in [6.07, 6.45) is 5.47. The zero-order valence-electron chi connectivity index (χ0n) is 8.72. The van der Waals surface area contributed by atoms with Crippen LogP contribution in [0.1, 0.15) is 36.8 Å². The standard InChI is InChI=1S/C13H17Br/c1-11-5-4-6-12(9-11)13(10-14)7-2-3-8-13/h4-6,9H,2-3,7-8,10H2,1H3. The Labute approximate surface area is 94.8 Å². The van der Waals surface area contributed by atoms with Crippen molar-refractivity contribution in [3.8, 4) is 0 Å². The summed E-state index contributed by atoms with van der Waals surface area (Å²) in [6.45, 7) is 2.18. The van der Waals surface area contributed by atoms with Crippen molar-refractivity contribution in [2.75, 3.05) is 5.33 Å². The van der Waals surface area contributed by atoms with Crippen molar-refractivity contribution >= 4 is 15.9 Å². The molecule has 0 amide bonds. The maximum absolute atomic E-state index is 3.69. The molecule has 0 aromatic heterocycles. The second kappa shape index (κ2) is 4.06. The Kier molecular flexibility index (Phi) is 2.96. The van der Waals surface area contributed by atoms with Crippen molar-refractivity contribution in [2.24, 2.45) is 0 Å². The predicted molar refractivity (Wildman–Crippen MR) is 65.1 cm³/mol. The van der Waals surface area contributed by atoms with E-state index in [2.05, 4.69) is 47.1 Å². The number of benzene rings is 1. The highest BCUT2D eigenvalue weighted by Gasteiger charge is 2.34. The minimum absolute atomic E-state index is 0.437. The molecule has 0 saturated heterocycles. The van der Waals surface area contributed by atoms with Crippen LogP contribution in [0.4, 0.5) is 0 Å². The molecule has 0 unspecified atom stereocenters. The van der Waals surface area contributed by atoms with E-state index < -0.39 is 0 Å². The zero-order chi connectivity index (χ0) is 10.0. The van der Waals surface area contributed by atoms with Crippen LogP contribution in [0, 0.1) is 6.92 Å². The minimum atomic E-state index is 0.437. The molecule has 0 heterocycles. The van der Waals surface area contributed by atoms with Gasteiger partial charge in [-0.2, -0.15) is 0 Å². The first kappa shape index (κ1) is 10.2. The third kappa shape index (κ3) is 1.75. The summed E-state index contributed by atoms with van der Waals surface area (Å²) in [4.78, 5) is 0. The summed E-state index contributed by atoms with van der Waals surface area (Å²) < 4.78 is 0. The Morgan fingerprint density at radius 3 is 2.57 bits per heavy atom. The molecule has 0 N–H and O–H groups in total. The van der Waals surface area contributed by atoms with Gasteiger partial charge in [0.2, 0.25) is 0 Å². The van der Waals surface area contributed by atoms with Crippen molar-refractivity contribution in [2.45, 2.75) is 38.0 Å². The van der Waals surface area contributed by atoms with Crippen LogP contribution in [0.3, 0.4) is 0 Å². The number of rotatable bonds is 2. The van der Waals surface area contributed by atoms with Gasteiger partial charge in [-0.15, -0.1) is 0 Å². The van der Waals surface area contributed by atoms with E-state index in [1.54, 1.807) is 0 Å². The molecule has 0 bridgehead atoms. The van der Waals surface area contributed by atoms with Gasteiger partial charge in [0, 0.05) is 10.7 Å². The maximum atomic E-state index is 3.69. The lowest BCUT2D eigenvalue weighted by atomic mass is 9.80. The van der Waals surface area contributed by atoms with Gasteiger partial charge in [-0.1, -0.05) is 58.6 Å². The van der Waals surface area contributed by atoms with Gasteiger partial charge in [0.1, 0.15) is 0 Å². The smallest absolute Gasteiger partial charge is 0.0129 e. The highest BCUT2D eigenvalue weighted by Crippen LogP contribution is 2.42. The predicted octanol–water partition coefficient (Wildman–Crippen LogP) is 4.20. The van der Waals surface area contributed by atoms with Gasteiger partial charge in [-0.3, -0.25) is 0 Å². The summed E-state index contributed by atoms with van der Waals surface area (Å²) in [5.74, 6) is 0. The fourth-order valence-corrected chi connectivity index (χ4v) is 3.41. The average Bonchev–Trinajstić information content (AvgIpc) is 2.67. The minimum Gasteiger partial charge on any atom is -0.0918 e. The summed E-state index contributed by atoms with van der Waals surface area (Å²) in [7, 11) is 0. The van der Waals surface area contributed by atoms with E-state index in [4.69, 9.17) is 0 Å². The number of halogens is 1. The Balaban J connectivity index is 2.35. The van der Waals surface area contributed by atoms with Gasteiger partial charge < -0.3 is 0 Å². The maximum Gasteiger partial charge on any atom is 0.0129 e. The molecule has 1 aromatic rings. The largest absolute Gasteiger partial charge is 0.0918 e. The molecule has 2 rings (SSSR count). The van der Waals surface area contributed by atoms with Crippen molar-refractivity contribution in [1.29, 1.82) is 0 Å². The molecule has 1 fully saturated rings. The molecule has 0 spiro atoms. The van der Waals surface area contributed by atoms with Crippen LogP contribution in [0.25, 0.3) is 0 Å². The van der Waals surface area contributed by atoms with E-state index in [1.807, 2.05) is 0 Å². The van der Waals surface area contributed by atoms with Crippen LogP contribution in [0.2, 0.25) is 0 Å². The topological polar surface area (TPSA) is 0 Å². The van der Waals surface area contributed by atoms with Crippen LogP contribution in [-0.2, 0) is 5.41 Å². The van der Waals surface area contributed by atoms with E-state index in [9.17, 15) is 0 Å². The first-order valence-electron chi connectivity index (χ1n) is 5.40. The Hall–Kier alpha value is -0.300. The molecular formula is C13H17Br. The molecular weight excluding hydrogens is 236 g/mol. The average molecular weight is 253 g/mol. The van der Waals surface area contributed by atoms with Crippen LogP contribution in [0.15, 0.2) is 24.3 Å². The normalized spacial score (nSPS) is 19.9. The van der Waals surface area contributed by atoms with E-state index in [1.165, 1.54) is 36.8 Å². The van der Waals surface area contributed by atoms with E-state index in [-0.39, 0.29) is 0 Å². The third-order valence-corrected chi connectivity index (χ3v) is 4.52. The number of alkyl halides is 1. The lowest BCUT2D eigenvalue weighted by molar-refractivity contribution is 0.505. The van der Waals surface area contributed by atoms with Gasteiger partial charge in [0.25, 0.3) is 0 Å². The first-order chi connectivity index (χ1) is 6.77. The van der Waals surface area contributed by atoms with Crippen molar-refractivity contribution < 1.29 is 0 Å². The zero-order valence-corrected chi connectivity index (χ0v) is 10.3. The Bertz CT molecular complexity index is 311. The number of hydrogen-bond donors (Lipinski definition) is 0. The molecule has 14 heavy (non-hydrogen) atoms. The molecule has 0 nitrogen and oxygen atoms in total. The lowest BCUT2D eigenvalue weighted by Crippen LogP contribution is -2.23. The quantitative estimate of drug-likeness (QED) is 0.693. The molecule has 0 aliphatic heterocycles. The van der Waals surface area contributed by atoms with Crippen LogP contribution in [-0.4, -0.2) is 5.33 Å². The van der Waals surface area contributed by atoms with Crippen molar-refractivity contribution in [3.63, 3.8) is 0 Å². The van der Waals surface area contributed by atoms with Gasteiger partial charge in [-0.25, -0.2) is 0 Å². The van der Waals surface area contributed by atoms with Gasteiger partial charge in [0.05, 0.1) is 0 Å².